The quantitative estimate of drug-likeness (QED) is 0.628. The van der Waals surface area contributed by atoms with E-state index in [9.17, 15) is 4.79 Å². The fourth-order valence-corrected chi connectivity index (χ4v) is 3.00. The molecule has 0 aromatic rings. The Hall–Kier alpha value is -0.530. The molecule has 2 heterocycles. The Morgan fingerprint density at radius 1 is 1.43 bits per heavy atom. The van der Waals surface area contributed by atoms with Gasteiger partial charge in [-0.3, -0.25) is 4.79 Å². The largest absolute Gasteiger partial charge is 0.339 e. The van der Waals surface area contributed by atoms with E-state index in [0.29, 0.717) is 29.7 Å². The van der Waals surface area contributed by atoms with Crippen LogP contribution in [0.2, 0.25) is 0 Å². The first-order valence-electron chi connectivity index (χ1n) is 5.93. The lowest BCUT2D eigenvalue weighted by Gasteiger charge is -2.35. The minimum atomic E-state index is 0.407. The predicted octanol–water partition coefficient (Wildman–Crippen LogP) is 2.29. The number of rotatable bonds is 1. The van der Waals surface area contributed by atoms with E-state index >= 15 is 0 Å². The maximum Gasteiger partial charge on any atom is 0.223 e. The molecule has 0 saturated carbocycles. The average Bonchev–Trinajstić information content (AvgIpc) is 2.45. The van der Waals surface area contributed by atoms with Gasteiger partial charge in [0, 0.05) is 19.0 Å². The minimum Gasteiger partial charge on any atom is -0.339 e. The van der Waals surface area contributed by atoms with E-state index in [1.165, 1.54) is 6.42 Å². The molecule has 0 aromatic carbocycles. The number of hydrogen-bond donors (Lipinski definition) is 0. The molecule has 4 atom stereocenters. The molecule has 2 unspecified atom stereocenters. The molecule has 2 fully saturated rings. The molecule has 0 radical (unpaired) electrons. The zero-order chi connectivity index (χ0) is 10.3. The van der Waals surface area contributed by atoms with Crippen molar-refractivity contribution in [3.63, 3.8) is 0 Å². The molecule has 0 spiro atoms. The van der Waals surface area contributed by atoms with Gasteiger partial charge in [-0.1, -0.05) is 27.2 Å². The molecule has 1 amide bonds. The summed E-state index contributed by atoms with van der Waals surface area (Å²) in [6, 6.07) is 0.552. The second kappa shape index (κ2) is 3.56. The zero-order valence-corrected chi connectivity index (χ0v) is 9.49. The highest BCUT2D eigenvalue weighted by atomic mass is 16.2. The van der Waals surface area contributed by atoms with E-state index in [4.69, 9.17) is 0 Å². The third-order valence-corrected chi connectivity index (χ3v) is 4.33. The third kappa shape index (κ3) is 1.45. The Morgan fingerprint density at radius 3 is 2.79 bits per heavy atom. The number of hydrogen-bond acceptors (Lipinski definition) is 1. The maximum absolute atomic E-state index is 11.9. The van der Waals surface area contributed by atoms with Gasteiger partial charge < -0.3 is 4.90 Å². The summed E-state index contributed by atoms with van der Waals surface area (Å²) >= 11 is 0. The van der Waals surface area contributed by atoms with Crippen LogP contribution in [-0.2, 0) is 4.79 Å². The van der Waals surface area contributed by atoms with Crippen molar-refractivity contribution in [3.05, 3.63) is 0 Å². The lowest BCUT2D eigenvalue weighted by atomic mass is 9.83. The van der Waals surface area contributed by atoms with Crippen LogP contribution in [0.15, 0.2) is 0 Å². The first-order valence-corrected chi connectivity index (χ1v) is 5.93. The Balaban J connectivity index is 2.13. The normalized spacial score (nSPS) is 42.8. The van der Waals surface area contributed by atoms with Crippen molar-refractivity contribution >= 4 is 5.91 Å². The summed E-state index contributed by atoms with van der Waals surface area (Å²) in [5.74, 6) is 2.45. The summed E-state index contributed by atoms with van der Waals surface area (Å²) in [5.41, 5.74) is 0. The van der Waals surface area contributed by atoms with E-state index in [1.807, 2.05) is 0 Å². The molecule has 80 valence electrons. The van der Waals surface area contributed by atoms with Crippen LogP contribution in [0.3, 0.4) is 0 Å². The van der Waals surface area contributed by atoms with E-state index in [-0.39, 0.29) is 0 Å². The molecule has 0 aliphatic carbocycles. The molecule has 2 aliphatic heterocycles. The van der Waals surface area contributed by atoms with Crippen LogP contribution in [0, 0.1) is 17.8 Å². The smallest absolute Gasteiger partial charge is 0.223 e. The molecule has 0 aromatic heterocycles. The number of nitrogens with zero attached hydrogens (tertiary/aromatic N) is 1. The van der Waals surface area contributed by atoms with E-state index in [1.54, 1.807) is 0 Å². The van der Waals surface area contributed by atoms with Crippen LogP contribution in [0.4, 0.5) is 0 Å². The maximum atomic E-state index is 11.9. The van der Waals surface area contributed by atoms with Gasteiger partial charge in [-0.05, 0) is 24.2 Å². The van der Waals surface area contributed by atoms with Crippen molar-refractivity contribution < 1.29 is 4.79 Å². The SMILES string of the molecule is CCC1CC(=O)N2C[C@H](C)C(C)[C@@H]2C1. The summed E-state index contributed by atoms with van der Waals surface area (Å²) in [7, 11) is 0. The van der Waals surface area contributed by atoms with Crippen molar-refractivity contribution in [1.29, 1.82) is 0 Å². The van der Waals surface area contributed by atoms with E-state index in [0.717, 1.165) is 19.4 Å². The lowest BCUT2D eigenvalue weighted by molar-refractivity contribution is -0.137. The van der Waals surface area contributed by atoms with Crippen LogP contribution in [0.5, 0.6) is 0 Å². The van der Waals surface area contributed by atoms with Crippen LogP contribution in [0.1, 0.15) is 40.0 Å². The number of carbonyl (C=O) groups is 1. The van der Waals surface area contributed by atoms with Gasteiger partial charge >= 0.3 is 0 Å². The molecule has 2 heteroatoms. The van der Waals surface area contributed by atoms with Crippen molar-refractivity contribution in [3.8, 4) is 0 Å². The summed E-state index contributed by atoms with van der Waals surface area (Å²) in [5, 5.41) is 0. The van der Waals surface area contributed by atoms with Gasteiger partial charge in [-0.2, -0.15) is 0 Å². The van der Waals surface area contributed by atoms with Gasteiger partial charge in [-0.15, -0.1) is 0 Å². The van der Waals surface area contributed by atoms with Crippen LogP contribution in [-0.4, -0.2) is 23.4 Å². The average molecular weight is 195 g/mol. The Kier molecular flexibility index (Phi) is 2.54. The Bertz CT molecular complexity index is 238. The first-order chi connectivity index (χ1) is 6.63. The molecule has 0 N–H and O–H groups in total. The molecule has 14 heavy (non-hydrogen) atoms. The van der Waals surface area contributed by atoms with Crippen molar-refractivity contribution in [2.24, 2.45) is 17.8 Å². The Morgan fingerprint density at radius 2 is 2.14 bits per heavy atom. The van der Waals surface area contributed by atoms with Gasteiger partial charge in [0.05, 0.1) is 0 Å². The van der Waals surface area contributed by atoms with Gasteiger partial charge in [0.15, 0.2) is 0 Å². The van der Waals surface area contributed by atoms with E-state index in [2.05, 4.69) is 25.7 Å². The summed E-state index contributed by atoms with van der Waals surface area (Å²) in [6.07, 6.45) is 3.21. The van der Waals surface area contributed by atoms with E-state index < -0.39 is 0 Å². The second-order valence-corrected chi connectivity index (χ2v) is 5.16. The highest BCUT2D eigenvalue weighted by Crippen LogP contribution is 2.38. The number of fused-ring (bicyclic) bond motifs is 1. The summed E-state index contributed by atoms with van der Waals surface area (Å²) in [4.78, 5) is 14.0. The Labute approximate surface area is 86.7 Å². The monoisotopic (exact) mass is 195 g/mol. The molecular formula is C12H21NO. The van der Waals surface area contributed by atoms with Crippen molar-refractivity contribution in [1.82, 2.24) is 4.90 Å². The van der Waals surface area contributed by atoms with Gasteiger partial charge in [0.2, 0.25) is 5.91 Å². The van der Waals surface area contributed by atoms with Gasteiger partial charge in [0.1, 0.15) is 0 Å². The fraction of sp³-hybridized carbons (Fsp3) is 0.917. The van der Waals surface area contributed by atoms with Crippen molar-refractivity contribution in [2.75, 3.05) is 6.54 Å². The van der Waals surface area contributed by atoms with Gasteiger partial charge in [-0.25, -0.2) is 0 Å². The summed E-state index contributed by atoms with van der Waals surface area (Å²) < 4.78 is 0. The molecular weight excluding hydrogens is 174 g/mol. The second-order valence-electron chi connectivity index (χ2n) is 5.16. The topological polar surface area (TPSA) is 20.3 Å². The number of piperidine rings is 1. The number of amides is 1. The van der Waals surface area contributed by atoms with Crippen molar-refractivity contribution in [2.45, 2.75) is 46.1 Å². The third-order valence-electron chi connectivity index (χ3n) is 4.33. The highest BCUT2D eigenvalue weighted by Gasteiger charge is 2.43. The molecule has 2 rings (SSSR count). The fourth-order valence-electron chi connectivity index (χ4n) is 3.00. The highest BCUT2D eigenvalue weighted by molar-refractivity contribution is 5.78. The predicted molar refractivity (Wildman–Crippen MR) is 56.8 cm³/mol. The van der Waals surface area contributed by atoms with Gasteiger partial charge in [0.25, 0.3) is 0 Å². The number of carbonyl (C=O) groups excluding carboxylic acids is 1. The zero-order valence-electron chi connectivity index (χ0n) is 9.49. The summed E-state index contributed by atoms with van der Waals surface area (Å²) in [6.45, 7) is 7.79. The van der Waals surface area contributed by atoms with Crippen LogP contribution >= 0.6 is 0 Å². The molecule has 2 aliphatic rings. The minimum absolute atomic E-state index is 0.407. The molecule has 2 nitrogen and oxygen atoms in total. The lowest BCUT2D eigenvalue weighted by Crippen LogP contribution is -2.44. The molecule has 0 bridgehead atoms. The van der Waals surface area contributed by atoms with Crippen LogP contribution < -0.4 is 0 Å². The standard InChI is InChI=1S/C12H21NO/c1-4-10-5-11-9(3)8(2)7-13(11)12(14)6-10/h8-11H,4-7H2,1-3H3/t8-,9?,10?,11-/m0/s1. The first kappa shape index (κ1) is 10.0. The molecule has 2 saturated heterocycles. The van der Waals surface area contributed by atoms with Crippen LogP contribution in [0.25, 0.3) is 0 Å².